The first-order valence-corrected chi connectivity index (χ1v) is 2.40. The first-order valence-electron chi connectivity index (χ1n) is 2.40. The van der Waals surface area contributed by atoms with Gasteiger partial charge < -0.3 is 10.0 Å². The molecule has 1 radical (unpaired) electrons. The van der Waals surface area contributed by atoms with E-state index >= 15 is 0 Å². The SMILES string of the molecule is [CH2]N(C)CCCO. The zero-order valence-corrected chi connectivity index (χ0v) is 4.72. The zero-order chi connectivity index (χ0) is 5.70. The maximum absolute atomic E-state index is 8.26. The highest BCUT2D eigenvalue weighted by Gasteiger charge is 1.84. The average Bonchev–Trinajstić information content (AvgIpc) is 1.61. The van der Waals surface area contributed by atoms with Crippen molar-refractivity contribution in [3.8, 4) is 0 Å². The molecule has 0 amide bonds. The van der Waals surface area contributed by atoms with E-state index in [9.17, 15) is 0 Å². The van der Waals surface area contributed by atoms with E-state index < -0.39 is 0 Å². The van der Waals surface area contributed by atoms with Crippen molar-refractivity contribution in [3.05, 3.63) is 7.05 Å². The van der Waals surface area contributed by atoms with Crippen molar-refractivity contribution in [3.63, 3.8) is 0 Å². The van der Waals surface area contributed by atoms with Crippen molar-refractivity contribution >= 4 is 0 Å². The predicted octanol–water partition coefficient (Wildman–Crippen LogP) is 0.0922. The maximum atomic E-state index is 8.26. The molecule has 0 bridgehead atoms. The Morgan fingerprint density at radius 3 is 2.43 bits per heavy atom. The summed E-state index contributed by atoms with van der Waals surface area (Å²) in [5.41, 5.74) is 0. The molecule has 0 aliphatic rings. The third-order valence-corrected chi connectivity index (χ3v) is 0.698. The van der Waals surface area contributed by atoms with Crippen LogP contribution in [-0.4, -0.2) is 30.2 Å². The number of aliphatic hydroxyl groups excluding tert-OH is 1. The molecule has 0 aromatic carbocycles. The Morgan fingerprint density at radius 1 is 1.71 bits per heavy atom. The Balaban J connectivity index is 2.68. The molecule has 7 heavy (non-hydrogen) atoms. The van der Waals surface area contributed by atoms with Gasteiger partial charge in [0.05, 0.1) is 0 Å². The molecule has 43 valence electrons. The molecule has 0 saturated heterocycles. The van der Waals surface area contributed by atoms with Crippen LogP contribution in [0, 0.1) is 7.05 Å². The summed E-state index contributed by atoms with van der Waals surface area (Å²) < 4.78 is 0. The van der Waals surface area contributed by atoms with Gasteiger partial charge in [0.2, 0.25) is 0 Å². The number of hydrogen-bond donors (Lipinski definition) is 1. The van der Waals surface area contributed by atoms with Gasteiger partial charge in [-0.05, 0) is 13.5 Å². The van der Waals surface area contributed by atoms with E-state index in [0.717, 1.165) is 13.0 Å². The van der Waals surface area contributed by atoms with E-state index in [1.165, 1.54) is 0 Å². The molecule has 0 unspecified atom stereocenters. The van der Waals surface area contributed by atoms with Crippen LogP contribution in [-0.2, 0) is 0 Å². The summed E-state index contributed by atoms with van der Waals surface area (Å²) in [5.74, 6) is 0. The molecule has 0 aliphatic heterocycles. The number of hydrogen-bond acceptors (Lipinski definition) is 2. The molecule has 0 rings (SSSR count). The van der Waals surface area contributed by atoms with Crippen LogP contribution in [0.15, 0.2) is 0 Å². The second kappa shape index (κ2) is 4.09. The van der Waals surface area contributed by atoms with Gasteiger partial charge in [0.25, 0.3) is 0 Å². The molecule has 2 heteroatoms. The van der Waals surface area contributed by atoms with Crippen LogP contribution in [0.1, 0.15) is 6.42 Å². The van der Waals surface area contributed by atoms with Gasteiger partial charge in [0, 0.05) is 20.2 Å². The normalized spacial score (nSPS) is 10.3. The van der Waals surface area contributed by atoms with E-state index in [1.807, 2.05) is 7.05 Å². The smallest absolute Gasteiger partial charge is 0.0443 e. The van der Waals surface area contributed by atoms with E-state index in [1.54, 1.807) is 4.90 Å². The van der Waals surface area contributed by atoms with Crippen LogP contribution in [0.5, 0.6) is 0 Å². The Kier molecular flexibility index (Phi) is 4.04. The van der Waals surface area contributed by atoms with Crippen molar-refractivity contribution < 1.29 is 5.11 Å². The van der Waals surface area contributed by atoms with Gasteiger partial charge in [0.1, 0.15) is 0 Å². The van der Waals surface area contributed by atoms with E-state index in [4.69, 9.17) is 5.11 Å². The molecule has 0 saturated carbocycles. The topological polar surface area (TPSA) is 23.5 Å². The molecule has 0 fully saturated rings. The standard InChI is InChI=1S/C5H12NO/c1-6(2)4-3-5-7/h7H,1,3-5H2,2H3. The van der Waals surface area contributed by atoms with Crippen LogP contribution >= 0.6 is 0 Å². The zero-order valence-electron chi connectivity index (χ0n) is 4.72. The van der Waals surface area contributed by atoms with Gasteiger partial charge >= 0.3 is 0 Å². The summed E-state index contributed by atoms with van der Waals surface area (Å²) in [6, 6.07) is 0. The minimum atomic E-state index is 0.264. The molecule has 0 aromatic rings. The van der Waals surface area contributed by atoms with Crippen LogP contribution in [0.4, 0.5) is 0 Å². The summed E-state index contributed by atoms with van der Waals surface area (Å²) in [4.78, 5) is 1.80. The first-order chi connectivity index (χ1) is 3.27. The van der Waals surface area contributed by atoms with Crippen LogP contribution < -0.4 is 0 Å². The summed E-state index contributed by atoms with van der Waals surface area (Å²) in [6.45, 7) is 1.14. The molecule has 0 aromatic heterocycles. The minimum Gasteiger partial charge on any atom is -0.396 e. The largest absolute Gasteiger partial charge is 0.396 e. The highest BCUT2D eigenvalue weighted by Crippen LogP contribution is 1.79. The highest BCUT2D eigenvalue weighted by atomic mass is 16.3. The van der Waals surface area contributed by atoms with Crippen molar-refractivity contribution in [1.82, 2.24) is 4.90 Å². The fourth-order valence-corrected chi connectivity index (χ4v) is 0.341. The second-order valence-corrected chi connectivity index (χ2v) is 1.66. The lowest BCUT2D eigenvalue weighted by Crippen LogP contribution is -2.11. The fraction of sp³-hybridized carbons (Fsp3) is 0.800. The molecule has 0 spiro atoms. The molecule has 0 aliphatic carbocycles. The maximum Gasteiger partial charge on any atom is 0.0443 e. The number of nitrogens with zero attached hydrogens (tertiary/aromatic N) is 1. The molecule has 0 atom stereocenters. The number of rotatable bonds is 3. The van der Waals surface area contributed by atoms with Gasteiger partial charge in [-0.2, -0.15) is 0 Å². The summed E-state index contributed by atoms with van der Waals surface area (Å²) in [6.07, 6.45) is 0.819. The third kappa shape index (κ3) is 5.92. The van der Waals surface area contributed by atoms with Crippen LogP contribution in [0.2, 0.25) is 0 Å². The monoisotopic (exact) mass is 102 g/mol. The van der Waals surface area contributed by atoms with Crippen molar-refractivity contribution in [2.45, 2.75) is 6.42 Å². The van der Waals surface area contributed by atoms with Crippen molar-refractivity contribution in [1.29, 1.82) is 0 Å². The Hall–Kier alpha value is -0.0800. The van der Waals surface area contributed by atoms with E-state index in [2.05, 4.69) is 7.05 Å². The third-order valence-electron chi connectivity index (χ3n) is 0.698. The minimum absolute atomic E-state index is 0.264. The van der Waals surface area contributed by atoms with E-state index in [0.29, 0.717) is 0 Å². The lowest BCUT2D eigenvalue weighted by atomic mass is 10.4. The number of aliphatic hydroxyl groups is 1. The lowest BCUT2D eigenvalue weighted by molar-refractivity contribution is 0.268. The first kappa shape index (κ1) is 6.92. The van der Waals surface area contributed by atoms with E-state index in [-0.39, 0.29) is 6.61 Å². The van der Waals surface area contributed by atoms with Gasteiger partial charge in [-0.25, -0.2) is 0 Å². The Morgan fingerprint density at radius 2 is 2.29 bits per heavy atom. The van der Waals surface area contributed by atoms with Gasteiger partial charge in [-0.15, -0.1) is 0 Å². The lowest BCUT2D eigenvalue weighted by Gasteiger charge is -2.05. The van der Waals surface area contributed by atoms with Crippen molar-refractivity contribution in [2.24, 2.45) is 0 Å². The van der Waals surface area contributed by atoms with Gasteiger partial charge in [0.15, 0.2) is 0 Å². The fourth-order valence-electron chi connectivity index (χ4n) is 0.341. The molecular formula is C5H12NO. The van der Waals surface area contributed by atoms with Crippen LogP contribution in [0.25, 0.3) is 0 Å². The highest BCUT2D eigenvalue weighted by molar-refractivity contribution is 4.44. The quantitative estimate of drug-likeness (QED) is 0.546. The van der Waals surface area contributed by atoms with Gasteiger partial charge in [-0.1, -0.05) is 0 Å². The average molecular weight is 102 g/mol. The molecule has 1 N–H and O–H groups in total. The Bertz CT molecular complexity index is 37.1. The summed E-state index contributed by atoms with van der Waals surface area (Å²) in [5, 5.41) is 8.26. The second-order valence-electron chi connectivity index (χ2n) is 1.66. The van der Waals surface area contributed by atoms with Crippen LogP contribution in [0.3, 0.4) is 0 Å². The van der Waals surface area contributed by atoms with Crippen molar-refractivity contribution in [2.75, 3.05) is 20.2 Å². The van der Waals surface area contributed by atoms with Gasteiger partial charge in [-0.3, -0.25) is 0 Å². The molecular weight excluding hydrogens is 90.1 g/mol. The molecule has 2 nitrogen and oxygen atoms in total. The summed E-state index contributed by atoms with van der Waals surface area (Å²) >= 11 is 0. The molecule has 0 heterocycles. The Labute approximate surface area is 44.8 Å². The summed E-state index contributed by atoms with van der Waals surface area (Å²) in [7, 11) is 5.48. The predicted molar refractivity (Wildman–Crippen MR) is 29.7 cm³/mol.